The molecule has 0 spiro atoms. The molecule has 0 bridgehead atoms. The average Bonchev–Trinajstić information content (AvgIpc) is 3.01. The Kier molecular flexibility index (Phi) is 15.5. The maximum atomic E-state index is 6.25. The molecule has 1 aliphatic rings. The lowest BCUT2D eigenvalue weighted by Gasteiger charge is -2.06. The zero-order valence-electron chi connectivity index (χ0n) is 14.9. The lowest BCUT2D eigenvalue weighted by Crippen LogP contribution is -3.01. The van der Waals surface area contributed by atoms with E-state index < -0.39 is 0 Å². The Morgan fingerprint density at radius 3 is 1.95 bits per heavy atom. The highest BCUT2D eigenvalue weighted by Gasteiger charge is 2.09. The van der Waals surface area contributed by atoms with E-state index in [9.17, 15) is 0 Å². The van der Waals surface area contributed by atoms with Crippen LogP contribution in [0.2, 0.25) is 0 Å². The van der Waals surface area contributed by atoms with E-state index in [-0.39, 0.29) is 0 Å². The topological polar surface area (TPSA) is 28.2 Å². The van der Waals surface area contributed by atoms with E-state index in [1.165, 1.54) is 83.6 Å². The fourth-order valence-electron chi connectivity index (χ4n) is 2.88. The van der Waals surface area contributed by atoms with Gasteiger partial charge in [0.2, 0.25) is 0 Å². The Balaban J connectivity index is 0.00000211. The predicted molar refractivity (Wildman–Crippen MR) is 94.8 cm³/mol. The molecule has 0 aliphatic carbocycles. The molecule has 1 heterocycles. The van der Waals surface area contributed by atoms with Gasteiger partial charge in [0.05, 0.1) is 12.7 Å². The maximum absolute atomic E-state index is 6.25. The van der Waals surface area contributed by atoms with Gasteiger partial charge in [0.15, 0.2) is 0 Å². The van der Waals surface area contributed by atoms with Crippen LogP contribution < -0.4 is 4.90 Å². The van der Waals surface area contributed by atoms with Crippen molar-refractivity contribution in [1.82, 2.24) is 0 Å². The average molecular weight is 305 g/mol. The molecule has 1 unspecified atom stereocenters. The summed E-state index contributed by atoms with van der Waals surface area (Å²) < 4.78 is 0. The van der Waals surface area contributed by atoms with Crippen LogP contribution in [0.3, 0.4) is 0 Å². The zero-order chi connectivity index (χ0) is 16.5. The second kappa shape index (κ2) is 16.3. The van der Waals surface area contributed by atoms with Crippen LogP contribution >= 0.6 is 0 Å². The van der Waals surface area contributed by atoms with Crippen molar-refractivity contribution in [3.8, 4) is 0 Å². The summed E-state index contributed by atoms with van der Waals surface area (Å²) in [6.45, 7) is 10.6. The van der Waals surface area contributed by atoms with Crippen LogP contribution in [0.25, 0.3) is 0 Å². The molecule has 0 aromatic carbocycles. The molecular formula is C20H36N2. The quantitative estimate of drug-likeness (QED) is 0.372. The minimum absolute atomic E-state index is 1.27. The first-order valence-corrected chi connectivity index (χ1v) is 9.33. The van der Waals surface area contributed by atoms with E-state index in [4.69, 9.17) is 11.8 Å². The Hall–Kier alpha value is -1.07. The summed E-state index contributed by atoms with van der Waals surface area (Å²) in [5.74, 6) is 0. The van der Waals surface area contributed by atoms with Crippen LogP contribution in [-0.4, -0.2) is 6.54 Å². The first-order valence-electron chi connectivity index (χ1n) is 9.33. The van der Waals surface area contributed by atoms with E-state index in [2.05, 4.69) is 32.3 Å². The summed E-state index contributed by atoms with van der Waals surface area (Å²) >= 11 is 0. The first-order chi connectivity index (χ1) is 10.9. The molecule has 0 aromatic heterocycles. The molecule has 0 amide bonds. The summed E-state index contributed by atoms with van der Waals surface area (Å²) in [6, 6.07) is 0. The summed E-state index contributed by atoms with van der Waals surface area (Å²) in [4.78, 5) is 1.57. The highest BCUT2D eigenvalue weighted by atomic mass is 15.1. The lowest BCUT2D eigenvalue weighted by molar-refractivity contribution is -0.788. The van der Waals surface area contributed by atoms with Crippen LogP contribution in [0.1, 0.15) is 90.9 Å². The van der Waals surface area contributed by atoms with E-state index in [1.54, 1.807) is 10.5 Å². The van der Waals surface area contributed by atoms with Crippen LogP contribution in [0.15, 0.2) is 24.0 Å². The maximum Gasteiger partial charge on any atom is 0.102 e. The standard InChI is InChI=1S/C19H35N.CN/c1-3-5-7-8-9-10-11-12-13-16-20-17-15-19(18-20)14-6-4-2;1-2/h15,17-18H,3-14,16H2,1-2H3;/q;-1/p+1. The second-order valence-corrected chi connectivity index (χ2v) is 6.31. The van der Waals surface area contributed by atoms with Gasteiger partial charge in [-0.1, -0.05) is 65.2 Å². The number of allylic oxidation sites excluding steroid dienone is 2. The normalized spacial score (nSPS) is 16.2. The van der Waals surface area contributed by atoms with E-state index in [0.717, 1.165) is 0 Å². The third-order valence-corrected chi connectivity index (χ3v) is 4.27. The number of rotatable bonds is 13. The molecule has 2 nitrogen and oxygen atoms in total. The highest BCUT2D eigenvalue weighted by Crippen LogP contribution is 2.10. The molecular weight excluding hydrogens is 268 g/mol. The molecule has 0 aromatic rings. The van der Waals surface area contributed by atoms with Gasteiger partial charge in [-0.05, 0) is 25.7 Å². The van der Waals surface area contributed by atoms with Gasteiger partial charge >= 0.3 is 0 Å². The molecule has 0 saturated carbocycles. The predicted octanol–water partition coefficient (Wildman–Crippen LogP) is 5.10. The fourth-order valence-corrected chi connectivity index (χ4v) is 2.88. The third kappa shape index (κ3) is 11.6. The smallest absolute Gasteiger partial charge is 0.102 e. The molecule has 2 heteroatoms. The third-order valence-electron chi connectivity index (χ3n) is 4.27. The number of unbranched alkanes of at least 4 members (excludes halogenated alkanes) is 9. The van der Waals surface area contributed by atoms with E-state index >= 15 is 0 Å². The van der Waals surface area contributed by atoms with Crippen molar-refractivity contribution < 1.29 is 4.90 Å². The van der Waals surface area contributed by atoms with Crippen LogP contribution in [0, 0.1) is 11.8 Å². The van der Waals surface area contributed by atoms with Crippen molar-refractivity contribution in [2.24, 2.45) is 0 Å². The number of nitrogens with zero attached hydrogens (tertiary/aromatic N) is 1. The van der Waals surface area contributed by atoms with Crippen molar-refractivity contribution in [3.05, 3.63) is 30.6 Å². The number of nitrogens with one attached hydrogen (secondary N) is 1. The number of quaternary nitrogens is 1. The molecule has 0 radical (unpaired) electrons. The van der Waals surface area contributed by atoms with Crippen molar-refractivity contribution in [1.29, 1.82) is 5.26 Å². The molecule has 0 saturated heterocycles. The summed E-state index contributed by atoms with van der Waals surface area (Å²) in [5, 5.41) is 6.25. The Morgan fingerprint density at radius 2 is 1.36 bits per heavy atom. The SMILES string of the molecule is CCCCCCCCCCC[NH+]1C=CC(CCCC)=C1.[C-]#N. The minimum atomic E-state index is 1.27. The number of hydrogen-bond acceptors (Lipinski definition) is 1. The van der Waals surface area contributed by atoms with Crippen molar-refractivity contribution in [2.45, 2.75) is 90.9 Å². The van der Waals surface area contributed by atoms with Crippen LogP contribution in [-0.2, 0) is 0 Å². The van der Waals surface area contributed by atoms with Gasteiger partial charge in [-0.25, -0.2) is 0 Å². The Morgan fingerprint density at radius 1 is 0.818 bits per heavy atom. The first kappa shape index (κ1) is 20.9. The highest BCUT2D eigenvalue weighted by molar-refractivity contribution is 5.17. The van der Waals surface area contributed by atoms with Gasteiger partial charge in [0.1, 0.15) is 6.20 Å². The van der Waals surface area contributed by atoms with E-state index in [0.29, 0.717) is 0 Å². The molecule has 1 N–H and O–H groups in total. The Labute approximate surface area is 138 Å². The molecule has 1 rings (SSSR count). The van der Waals surface area contributed by atoms with E-state index in [1.807, 2.05) is 0 Å². The summed E-state index contributed by atoms with van der Waals surface area (Å²) in [5.41, 5.74) is 1.55. The molecule has 1 aliphatic heterocycles. The fraction of sp³-hybridized carbons (Fsp3) is 0.750. The van der Waals surface area contributed by atoms with Crippen LogP contribution in [0.5, 0.6) is 0 Å². The minimum Gasteiger partial charge on any atom is -0.512 e. The molecule has 22 heavy (non-hydrogen) atoms. The molecule has 1 atom stereocenters. The largest absolute Gasteiger partial charge is 0.512 e. The van der Waals surface area contributed by atoms with Crippen molar-refractivity contribution in [2.75, 3.05) is 6.54 Å². The summed E-state index contributed by atoms with van der Waals surface area (Å²) in [7, 11) is 0. The van der Waals surface area contributed by atoms with Crippen molar-refractivity contribution >= 4 is 0 Å². The van der Waals surface area contributed by atoms with Gasteiger partial charge in [0, 0.05) is 11.6 Å². The lowest BCUT2D eigenvalue weighted by atomic mass is 10.1. The Bertz CT molecular complexity index is 315. The second-order valence-electron chi connectivity index (χ2n) is 6.31. The number of hydrogen-bond donors (Lipinski definition) is 1. The van der Waals surface area contributed by atoms with Crippen LogP contribution in [0.4, 0.5) is 0 Å². The monoisotopic (exact) mass is 304 g/mol. The molecule has 0 fully saturated rings. The van der Waals surface area contributed by atoms with Gasteiger partial charge in [-0.3, -0.25) is 4.90 Å². The van der Waals surface area contributed by atoms with Crippen molar-refractivity contribution in [3.63, 3.8) is 0 Å². The van der Waals surface area contributed by atoms with Gasteiger partial charge in [-0.2, -0.15) is 0 Å². The van der Waals surface area contributed by atoms with Gasteiger partial charge in [-0.15, -0.1) is 0 Å². The zero-order valence-corrected chi connectivity index (χ0v) is 14.9. The van der Waals surface area contributed by atoms with Gasteiger partial charge in [0.25, 0.3) is 0 Å². The summed E-state index contributed by atoms with van der Waals surface area (Å²) in [6.07, 6.45) is 23.9. The van der Waals surface area contributed by atoms with Gasteiger partial charge < -0.3 is 11.8 Å². The molecule has 126 valence electrons.